The quantitative estimate of drug-likeness (QED) is 0.235. The summed E-state index contributed by atoms with van der Waals surface area (Å²) in [5, 5.41) is 27.8. The molecule has 53 heavy (non-hydrogen) atoms. The summed E-state index contributed by atoms with van der Waals surface area (Å²) in [7, 11) is -4.30. The van der Waals surface area contributed by atoms with Crippen molar-refractivity contribution in [2.24, 2.45) is 11.3 Å². The number of rotatable bonds is 16. The number of hydrogen-bond donors (Lipinski definition) is 2. The third-order valence-electron chi connectivity index (χ3n) is 9.99. The number of ether oxygens (including phenoxy) is 7. The minimum absolute atomic E-state index is 0.0451. The number of nitrogens with zero attached hydrogens (tertiary/aromatic N) is 2. The molecule has 0 bridgehead atoms. The molecule has 0 aromatic heterocycles. The molecular formula is C36H48N3O13S-. The van der Waals surface area contributed by atoms with Crippen LogP contribution in [0.25, 0.3) is 0 Å². The summed E-state index contributed by atoms with van der Waals surface area (Å²) in [6, 6.07) is 11.7. The normalized spacial score (nSPS) is 22.7. The fraction of sp³-hybridized carbons (Fsp3) is 0.611. The van der Waals surface area contributed by atoms with Gasteiger partial charge in [-0.1, -0.05) is 44.2 Å². The average molecular weight is 763 g/mol. The summed E-state index contributed by atoms with van der Waals surface area (Å²) in [5.41, 5.74) is 0.0807. The smallest absolute Gasteiger partial charge is 0.407 e. The predicted octanol–water partition coefficient (Wildman–Crippen LogP) is 1.69. The highest BCUT2D eigenvalue weighted by Crippen LogP contribution is 2.38. The van der Waals surface area contributed by atoms with Gasteiger partial charge in [0.25, 0.3) is 0 Å². The van der Waals surface area contributed by atoms with Crippen molar-refractivity contribution in [1.82, 2.24) is 14.5 Å². The number of aliphatic hydroxyl groups is 1. The first-order valence-corrected chi connectivity index (χ1v) is 19.3. The zero-order valence-electron chi connectivity index (χ0n) is 29.9. The Labute approximate surface area is 309 Å². The number of sulfonamides is 1. The monoisotopic (exact) mass is 762 g/mol. The summed E-state index contributed by atoms with van der Waals surface area (Å²) in [6.45, 7) is 4.64. The summed E-state index contributed by atoms with van der Waals surface area (Å²) in [4.78, 5) is 26.3. The first-order chi connectivity index (χ1) is 25.4. The molecule has 16 nitrogen and oxygen atoms in total. The molecule has 0 saturated carbocycles. The molecular weight excluding hydrogens is 714 g/mol. The van der Waals surface area contributed by atoms with Crippen LogP contribution in [0.4, 0.5) is 9.59 Å². The second kappa shape index (κ2) is 17.2. The number of nitrogens with one attached hydrogen (secondary N) is 1. The van der Waals surface area contributed by atoms with E-state index in [0.717, 1.165) is 10.5 Å². The van der Waals surface area contributed by atoms with Crippen LogP contribution in [-0.4, -0.2) is 125 Å². The molecule has 0 radical (unpaired) electrons. The van der Waals surface area contributed by atoms with Gasteiger partial charge < -0.3 is 58.4 Å². The average Bonchev–Trinajstić information content (AvgIpc) is 3.89. The Morgan fingerprint density at radius 1 is 1.04 bits per heavy atom. The maximum Gasteiger partial charge on any atom is 0.407 e. The molecule has 5 atom stereocenters. The number of benzene rings is 2. The number of hydrogen-bond acceptors (Lipinski definition) is 13. The molecule has 4 aliphatic heterocycles. The van der Waals surface area contributed by atoms with Gasteiger partial charge in [-0.25, -0.2) is 13.2 Å². The van der Waals surface area contributed by atoms with Crippen LogP contribution >= 0.6 is 0 Å². The molecule has 0 spiro atoms. The molecule has 3 saturated heterocycles. The van der Waals surface area contributed by atoms with Crippen molar-refractivity contribution >= 4 is 22.2 Å². The maximum absolute atomic E-state index is 14.5. The van der Waals surface area contributed by atoms with Crippen molar-refractivity contribution in [3.05, 3.63) is 54.1 Å². The number of carboxylic acid groups (broad SMARTS) is 1. The van der Waals surface area contributed by atoms with E-state index in [1.165, 1.54) is 22.5 Å². The highest BCUT2D eigenvalue weighted by atomic mass is 32.2. The number of fused-ring (bicyclic) bond motifs is 2. The van der Waals surface area contributed by atoms with Crippen molar-refractivity contribution in [2.45, 2.75) is 75.0 Å². The van der Waals surface area contributed by atoms with Crippen molar-refractivity contribution in [2.75, 3.05) is 59.6 Å². The minimum atomic E-state index is -4.30. The van der Waals surface area contributed by atoms with Gasteiger partial charge in [-0.05, 0) is 48.8 Å². The summed E-state index contributed by atoms with van der Waals surface area (Å²) in [6.07, 6.45) is -3.03. The van der Waals surface area contributed by atoms with Crippen molar-refractivity contribution in [1.29, 1.82) is 0 Å². The molecule has 2 aromatic carbocycles. The molecule has 4 aliphatic rings. The predicted molar refractivity (Wildman–Crippen MR) is 184 cm³/mol. The Kier molecular flexibility index (Phi) is 12.6. The lowest BCUT2D eigenvalue weighted by Gasteiger charge is -2.43. The van der Waals surface area contributed by atoms with Crippen LogP contribution in [0.3, 0.4) is 0 Å². The molecule has 17 heteroatoms. The molecule has 2 amide bonds. The van der Waals surface area contributed by atoms with Gasteiger partial charge in [-0.15, -0.1) is 0 Å². The van der Waals surface area contributed by atoms with Gasteiger partial charge in [0.2, 0.25) is 16.8 Å². The summed E-state index contributed by atoms with van der Waals surface area (Å²) in [5.74, 6) is 0.418. The number of alkyl carbamates (subject to hydrolysis) is 1. The molecule has 2 N–H and O–H groups in total. The summed E-state index contributed by atoms with van der Waals surface area (Å²) < 4.78 is 68.1. The minimum Gasteiger partial charge on any atom is -0.530 e. The summed E-state index contributed by atoms with van der Waals surface area (Å²) >= 11 is 0. The van der Waals surface area contributed by atoms with Gasteiger partial charge >= 0.3 is 6.09 Å². The van der Waals surface area contributed by atoms with Crippen LogP contribution in [-0.2, 0) is 40.1 Å². The maximum atomic E-state index is 14.5. The van der Waals surface area contributed by atoms with Crippen LogP contribution in [0.2, 0.25) is 0 Å². The molecule has 6 rings (SSSR count). The zero-order chi connectivity index (χ0) is 37.6. The Bertz CT molecular complexity index is 1660. The Hall–Kier alpha value is -3.71. The van der Waals surface area contributed by atoms with Crippen LogP contribution in [0, 0.1) is 11.3 Å². The van der Waals surface area contributed by atoms with E-state index in [9.17, 15) is 28.2 Å². The van der Waals surface area contributed by atoms with Gasteiger partial charge in [0.05, 0.1) is 49.5 Å². The zero-order valence-corrected chi connectivity index (χ0v) is 30.7. The molecule has 0 unspecified atom stereocenters. The third kappa shape index (κ3) is 9.70. The Morgan fingerprint density at radius 2 is 1.79 bits per heavy atom. The number of aliphatic hydroxyl groups excluding tert-OH is 1. The number of carbonyl (C=O) groups excluding carboxylic acids is 2. The van der Waals surface area contributed by atoms with E-state index >= 15 is 0 Å². The second-order valence-corrected chi connectivity index (χ2v) is 16.4. The lowest BCUT2D eigenvalue weighted by atomic mass is 9.87. The van der Waals surface area contributed by atoms with E-state index in [4.69, 9.17) is 33.2 Å². The fourth-order valence-corrected chi connectivity index (χ4v) is 8.99. The number of amides is 2. The molecule has 2 aromatic rings. The van der Waals surface area contributed by atoms with E-state index in [0.29, 0.717) is 31.6 Å². The van der Waals surface area contributed by atoms with Crippen LogP contribution in [0.1, 0.15) is 38.7 Å². The molecule has 292 valence electrons. The van der Waals surface area contributed by atoms with Crippen molar-refractivity contribution < 1.29 is 61.4 Å². The topological polar surface area (TPSA) is 195 Å². The van der Waals surface area contributed by atoms with Gasteiger partial charge in [0, 0.05) is 31.6 Å². The van der Waals surface area contributed by atoms with Crippen molar-refractivity contribution in [3.8, 4) is 11.5 Å². The second-order valence-electron chi connectivity index (χ2n) is 14.5. The molecule has 3 fully saturated rings. The Morgan fingerprint density at radius 3 is 2.55 bits per heavy atom. The standard InChI is InChI=1S/C36H49N3O13S/c1-36(2,12-6-13-37-34(41)52-25-18-46-22-47-19-25)21-38(53(44,45)26-9-10-31-32(16-26)51-23-50-31)17-30(40)28(15-24-7-4-3-5-8-24)39(35(42)43)29-20-49-33-27(29)11-14-48-33/h3-5,7-10,16,25,27-30,33,40H,6,11-15,17-23H2,1-2H3,(H,37,41)(H,42,43)/p-1/t27-,28-,29-,30+,33+/m0/s1. The van der Waals surface area contributed by atoms with Gasteiger partial charge in [-0.2, -0.15) is 4.31 Å². The van der Waals surface area contributed by atoms with E-state index in [2.05, 4.69) is 5.32 Å². The highest BCUT2D eigenvalue weighted by molar-refractivity contribution is 7.89. The van der Waals surface area contributed by atoms with Crippen molar-refractivity contribution in [3.63, 3.8) is 0 Å². The lowest BCUT2D eigenvalue weighted by molar-refractivity contribution is -0.273. The number of carbonyl (C=O) groups is 2. The van der Waals surface area contributed by atoms with E-state index in [-0.39, 0.29) is 69.5 Å². The van der Waals surface area contributed by atoms with Crippen LogP contribution in [0.5, 0.6) is 11.5 Å². The SMILES string of the molecule is CC(C)(CCCNC(=O)OC1COCOC1)CN(C[C@@H](O)[C@H](Cc1ccccc1)N(C(=O)[O-])[C@H]1CO[C@H]2OCC[C@H]21)S(=O)(=O)c1ccc2c(c1)OCO2. The highest BCUT2D eigenvalue weighted by Gasteiger charge is 2.47. The van der Waals surface area contributed by atoms with Gasteiger partial charge in [0.1, 0.15) is 12.9 Å². The first-order valence-electron chi connectivity index (χ1n) is 17.9. The first kappa shape index (κ1) is 39.0. The third-order valence-corrected chi connectivity index (χ3v) is 11.8. The molecule has 0 aliphatic carbocycles. The van der Waals surface area contributed by atoms with Crippen LogP contribution in [0.15, 0.2) is 53.4 Å². The van der Waals surface area contributed by atoms with Crippen LogP contribution < -0.4 is 19.9 Å². The fourth-order valence-electron chi connectivity index (χ4n) is 7.33. The molecule has 4 heterocycles. The lowest BCUT2D eigenvalue weighted by Crippen LogP contribution is -2.61. The van der Waals surface area contributed by atoms with Gasteiger partial charge in [-0.3, -0.25) is 0 Å². The largest absolute Gasteiger partial charge is 0.530 e. The van der Waals surface area contributed by atoms with E-state index in [1.807, 2.05) is 44.2 Å². The Balaban J connectivity index is 1.22. The van der Waals surface area contributed by atoms with Gasteiger partial charge in [0.15, 0.2) is 23.9 Å². The van der Waals surface area contributed by atoms with E-state index in [1.54, 1.807) is 0 Å². The van der Waals surface area contributed by atoms with E-state index < -0.39 is 64.8 Å².